The molecule has 1 unspecified atom stereocenters. The largest absolute Gasteiger partial charge is 0.481 e. The first kappa shape index (κ1) is 13.4. The second-order valence-electron chi connectivity index (χ2n) is 4.40. The zero-order chi connectivity index (χ0) is 13.1. The minimum absolute atomic E-state index is 0.154. The number of carboxylic acids is 2. The van der Waals surface area contributed by atoms with Crippen LogP contribution in [0.25, 0.3) is 0 Å². The van der Waals surface area contributed by atoms with E-state index < -0.39 is 35.8 Å². The number of carboxylic acid groups (broad SMARTS) is 2. The maximum absolute atomic E-state index is 11.6. The van der Waals surface area contributed by atoms with Crippen LogP contribution < -0.4 is 11.1 Å². The predicted octanol–water partition coefficient (Wildman–Crippen LogP) is -0.698. The Bertz CT molecular complexity index is 338. The van der Waals surface area contributed by atoms with Gasteiger partial charge < -0.3 is 21.3 Å². The zero-order valence-corrected chi connectivity index (χ0v) is 9.31. The second-order valence-corrected chi connectivity index (χ2v) is 4.40. The Morgan fingerprint density at radius 1 is 1.24 bits per heavy atom. The summed E-state index contributed by atoms with van der Waals surface area (Å²) in [5, 5.41) is 19.8. The lowest BCUT2D eigenvalue weighted by molar-refractivity contribution is -0.142. The van der Waals surface area contributed by atoms with Gasteiger partial charge >= 0.3 is 11.9 Å². The van der Waals surface area contributed by atoms with Crippen LogP contribution in [0.15, 0.2) is 0 Å². The van der Waals surface area contributed by atoms with E-state index >= 15 is 0 Å². The van der Waals surface area contributed by atoms with Crippen molar-refractivity contribution in [3.8, 4) is 0 Å². The van der Waals surface area contributed by atoms with Gasteiger partial charge in [-0.05, 0) is 19.3 Å². The van der Waals surface area contributed by atoms with Crippen molar-refractivity contribution in [1.82, 2.24) is 5.32 Å². The molecule has 0 spiro atoms. The normalized spacial score (nSPS) is 18.9. The van der Waals surface area contributed by atoms with Crippen LogP contribution in [-0.2, 0) is 14.4 Å². The smallest absolute Gasteiger partial charge is 0.305 e. The van der Waals surface area contributed by atoms with Gasteiger partial charge in [0.15, 0.2) is 0 Å². The number of rotatable bonds is 6. The Labute approximate surface area is 98.0 Å². The fraction of sp³-hybridized carbons (Fsp3) is 0.700. The molecule has 0 bridgehead atoms. The third-order valence-corrected chi connectivity index (χ3v) is 2.92. The number of hydrogen-bond donors (Lipinski definition) is 4. The summed E-state index contributed by atoms with van der Waals surface area (Å²) in [4.78, 5) is 32.6. The van der Waals surface area contributed by atoms with Crippen LogP contribution in [0.3, 0.4) is 0 Å². The van der Waals surface area contributed by atoms with Crippen LogP contribution in [0.2, 0.25) is 0 Å². The molecule has 0 aromatic heterocycles. The second kappa shape index (κ2) is 5.13. The van der Waals surface area contributed by atoms with Crippen LogP contribution >= 0.6 is 0 Å². The van der Waals surface area contributed by atoms with E-state index in [0.29, 0.717) is 12.8 Å². The molecule has 7 heteroatoms. The van der Waals surface area contributed by atoms with Crippen LogP contribution in [0.1, 0.15) is 32.1 Å². The van der Waals surface area contributed by atoms with Gasteiger partial charge in [-0.1, -0.05) is 0 Å². The van der Waals surface area contributed by atoms with Crippen molar-refractivity contribution in [2.24, 2.45) is 5.73 Å². The van der Waals surface area contributed by atoms with Crippen molar-refractivity contribution < 1.29 is 24.6 Å². The summed E-state index contributed by atoms with van der Waals surface area (Å²) in [6.45, 7) is 0. The zero-order valence-electron chi connectivity index (χ0n) is 9.31. The van der Waals surface area contributed by atoms with Gasteiger partial charge in [0.25, 0.3) is 0 Å². The van der Waals surface area contributed by atoms with Gasteiger partial charge in [0.2, 0.25) is 5.91 Å². The third-order valence-electron chi connectivity index (χ3n) is 2.92. The molecule has 0 heterocycles. The van der Waals surface area contributed by atoms with Crippen LogP contribution in [0.4, 0.5) is 0 Å². The van der Waals surface area contributed by atoms with Crippen molar-refractivity contribution in [2.45, 2.75) is 43.7 Å². The number of hydrogen-bond acceptors (Lipinski definition) is 4. The first-order chi connectivity index (χ1) is 7.84. The number of carbonyl (C=O) groups excluding carboxylic acids is 1. The molecular formula is C10H16N2O5. The van der Waals surface area contributed by atoms with Crippen molar-refractivity contribution in [3.63, 3.8) is 0 Å². The standard InChI is InChI=1S/C10H16N2O5/c11-6(4-7(13)14)9(17)12-10(2-1-3-10)5-8(15)16/h6H,1-5,11H2,(H,12,17)(H,13,14)(H,15,16). The van der Waals surface area contributed by atoms with E-state index in [1.807, 2.05) is 0 Å². The molecule has 0 aromatic rings. The third kappa shape index (κ3) is 3.70. The SMILES string of the molecule is NC(CC(=O)O)C(=O)NC1(CC(=O)O)CCC1. The molecule has 1 rings (SSSR count). The summed E-state index contributed by atoms with van der Waals surface area (Å²) in [7, 11) is 0. The molecule has 1 atom stereocenters. The average molecular weight is 244 g/mol. The Morgan fingerprint density at radius 3 is 2.18 bits per heavy atom. The van der Waals surface area contributed by atoms with Crippen molar-refractivity contribution >= 4 is 17.8 Å². The van der Waals surface area contributed by atoms with Gasteiger partial charge in [0, 0.05) is 0 Å². The van der Waals surface area contributed by atoms with E-state index in [0.717, 1.165) is 6.42 Å². The van der Waals surface area contributed by atoms with Gasteiger partial charge in [-0.2, -0.15) is 0 Å². The molecule has 0 saturated heterocycles. The van der Waals surface area contributed by atoms with Gasteiger partial charge in [-0.3, -0.25) is 14.4 Å². The summed E-state index contributed by atoms with van der Waals surface area (Å²) < 4.78 is 0. The summed E-state index contributed by atoms with van der Waals surface area (Å²) in [6.07, 6.45) is 1.41. The average Bonchev–Trinajstić information content (AvgIpc) is 2.12. The fourth-order valence-corrected chi connectivity index (χ4v) is 1.87. The Balaban J connectivity index is 2.53. The monoisotopic (exact) mass is 244 g/mol. The molecule has 1 fully saturated rings. The highest BCUT2D eigenvalue weighted by molar-refractivity contribution is 5.87. The quantitative estimate of drug-likeness (QED) is 0.489. The topological polar surface area (TPSA) is 130 Å². The number of aliphatic carboxylic acids is 2. The molecule has 1 aliphatic rings. The fourth-order valence-electron chi connectivity index (χ4n) is 1.87. The molecule has 0 aliphatic heterocycles. The summed E-state index contributed by atoms with van der Waals surface area (Å²) in [5.74, 6) is -2.75. The molecule has 1 amide bonds. The molecule has 1 aliphatic carbocycles. The molecule has 5 N–H and O–H groups in total. The molecule has 96 valence electrons. The number of nitrogens with two attached hydrogens (primary N) is 1. The van der Waals surface area contributed by atoms with Crippen LogP contribution in [-0.4, -0.2) is 39.6 Å². The molecular weight excluding hydrogens is 228 g/mol. The first-order valence-corrected chi connectivity index (χ1v) is 5.36. The number of carbonyl (C=O) groups is 3. The minimum atomic E-state index is -1.16. The van der Waals surface area contributed by atoms with Crippen molar-refractivity contribution in [2.75, 3.05) is 0 Å². The lowest BCUT2D eigenvalue weighted by Crippen LogP contribution is -2.58. The predicted molar refractivity (Wildman–Crippen MR) is 57.2 cm³/mol. The Morgan fingerprint density at radius 2 is 1.82 bits per heavy atom. The van der Waals surface area contributed by atoms with E-state index in [9.17, 15) is 14.4 Å². The highest BCUT2D eigenvalue weighted by Gasteiger charge is 2.41. The number of nitrogens with one attached hydrogen (secondary N) is 1. The molecule has 7 nitrogen and oxygen atoms in total. The highest BCUT2D eigenvalue weighted by Crippen LogP contribution is 2.34. The first-order valence-electron chi connectivity index (χ1n) is 5.36. The summed E-state index contributed by atoms with van der Waals surface area (Å²) in [6, 6.07) is -1.14. The molecule has 0 radical (unpaired) electrons. The number of amides is 1. The van der Waals surface area contributed by atoms with Gasteiger partial charge in [0.05, 0.1) is 24.4 Å². The Kier molecular flexibility index (Phi) is 4.06. The van der Waals surface area contributed by atoms with Crippen molar-refractivity contribution in [1.29, 1.82) is 0 Å². The maximum atomic E-state index is 11.6. The highest BCUT2D eigenvalue weighted by atomic mass is 16.4. The summed E-state index contributed by atoms with van der Waals surface area (Å²) in [5.41, 5.74) is 4.66. The van der Waals surface area contributed by atoms with E-state index in [1.165, 1.54) is 0 Å². The molecule has 17 heavy (non-hydrogen) atoms. The molecule has 0 aromatic carbocycles. The maximum Gasteiger partial charge on any atom is 0.305 e. The lowest BCUT2D eigenvalue weighted by Gasteiger charge is -2.42. The van der Waals surface area contributed by atoms with E-state index in [1.54, 1.807) is 0 Å². The van der Waals surface area contributed by atoms with E-state index in [-0.39, 0.29) is 6.42 Å². The summed E-state index contributed by atoms with van der Waals surface area (Å²) >= 11 is 0. The van der Waals surface area contributed by atoms with Crippen LogP contribution in [0, 0.1) is 0 Å². The van der Waals surface area contributed by atoms with Crippen LogP contribution in [0.5, 0.6) is 0 Å². The lowest BCUT2D eigenvalue weighted by atomic mass is 9.74. The minimum Gasteiger partial charge on any atom is -0.481 e. The van der Waals surface area contributed by atoms with Gasteiger partial charge in [0.1, 0.15) is 0 Å². The van der Waals surface area contributed by atoms with E-state index in [4.69, 9.17) is 15.9 Å². The Hall–Kier alpha value is -1.63. The molecule has 1 saturated carbocycles. The van der Waals surface area contributed by atoms with Gasteiger partial charge in [-0.25, -0.2) is 0 Å². The van der Waals surface area contributed by atoms with Crippen molar-refractivity contribution in [3.05, 3.63) is 0 Å². The van der Waals surface area contributed by atoms with E-state index in [2.05, 4.69) is 5.32 Å². The van der Waals surface area contributed by atoms with Gasteiger partial charge in [-0.15, -0.1) is 0 Å².